The maximum atomic E-state index is 13.9. The molecule has 42 heavy (non-hydrogen) atoms. The van der Waals surface area contributed by atoms with Crippen LogP contribution in [0.3, 0.4) is 0 Å². The normalized spacial score (nSPS) is 22.4. The summed E-state index contributed by atoms with van der Waals surface area (Å²) in [6, 6.07) is 21.4. The number of nitriles is 1. The number of thiophene rings is 1. The lowest BCUT2D eigenvalue weighted by atomic mass is 9.90. The minimum atomic E-state index is -0.567. The van der Waals surface area contributed by atoms with Gasteiger partial charge in [-0.15, -0.1) is 11.3 Å². The Bertz CT molecular complexity index is 1380. The van der Waals surface area contributed by atoms with Gasteiger partial charge in [-0.2, -0.15) is 5.26 Å². The number of methoxy groups -OCH3 is 1. The Morgan fingerprint density at radius 3 is 2.50 bits per heavy atom. The Hall–Kier alpha value is -3.71. The third-order valence-corrected chi connectivity index (χ3v) is 9.35. The number of benzene rings is 2. The fraction of sp³-hybridized carbons (Fsp3) is 0.424. The van der Waals surface area contributed by atoms with Crippen molar-refractivity contribution in [3.8, 4) is 11.8 Å². The number of piperidine rings is 1. The van der Waals surface area contributed by atoms with Crippen LogP contribution in [-0.4, -0.2) is 59.4 Å². The van der Waals surface area contributed by atoms with Crippen LogP contribution in [0.5, 0.6) is 5.75 Å². The number of carbonyl (C=O) groups excluding carboxylic acids is 2. The second-order valence-corrected chi connectivity index (χ2v) is 12.3. The maximum absolute atomic E-state index is 13.9. The molecular formula is C33H39N5O3S. The molecule has 1 unspecified atom stereocenters. The number of hydrogen-bond donors (Lipinski definition) is 2. The van der Waals surface area contributed by atoms with Crippen LogP contribution in [0, 0.1) is 11.3 Å². The molecule has 2 amide bonds. The van der Waals surface area contributed by atoms with Crippen molar-refractivity contribution in [3.63, 3.8) is 0 Å². The van der Waals surface area contributed by atoms with Crippen molar-refractivity contribution in [2.24, 2.45) is 5.73 Å². The number of hydrogen-bond acceptors (Lipinski definition) is 7. The van der Waals surface area contributed by atoms with Crippen molar-refractivity contribution in [2.45, 2.75) is 75.8 Å². The first-order valence-electron chi connectivity index (χ1n) is 14.7. The topological polar surface area (TPSA) is 112 Å². The summed E-state index contributed by atoms with van der Waals surface area (Å²) in [5, 5.41) is 14.4. The van der Waals surface area contributed by atoms with Gasteiger partial charge in [-0.1, -0.05) is 30.3 Å². The Balaban J connectivity index is 1.40. The quantitative estimate of drug-likeness (QED) is 0.377. The van der Waals surface area contributed by atoms with Crippen LogP contribution < -0.4 is 15.8 Å². The van der Waals surface area contributed by atoms with E-state index in [2.05, 4.69) is 22.4 Å². The average Bonchev–Trinajstić information content (AvgIpc) is 3.57. The van der Waals surface area contributed by atoms with E-state index in [0.717, 1.165) is 49.0 Å². The minimum Gasteiger partial charge on any atom is -0.497 e. The van der Waals surface area contributed by atoms with E-state index in [1.165, 1.54) is 11.3 Å². The standard InChI is InChI=1S/C33H39N5O3S/c1-41-29-5-2-4-25(18-29)22-37(21-24-9-7-23(20-34)8-10-24)28-15-16-38(33(40)31-6-3-17-42-31)30(19-28)32(39)36-27-13-11-26(35)12-14-27/h2-10,17-18,26-28,30H,11-16,19,21-22,35H2,1H3,(H,36,39)/t26?,27?,28?,30-/m1/s1. The first-order valence-corrected chi connectivity index (χ1v) is 15.6. The van der Waals surface area contributed by atoms with Crippen LogP contribution in [0.15, 0.2) is 66.0 Å². The Morgan fingerprint density at radius 2 is 1.81 bits per heavy atom. The summed E-state index contributed by atoms with van der Waals surface area (Å²) in [5.41, 5.74) is 8.93. The molecule has 2 heterocycles. The van der Waals surface area contributed by atoms with E-state index < -0.39 is 6.04 Å². The molecule has 1 aliphatic heterocycles. The Kier molecular flexibility index (Phi) is 9.90. The SMILES string of the molecule is COc1cccc(CN(Cc2ccc(C#N)cc2)C2CCN(C(=O)c3cccs3)[C@@H](C(=O)NC3CCC(N)CC3)C2)c1. The molecule has 1 saturated heterocycles. The summed E-state index contributed by atoms with van der Waals surface area (Å²) >= 11 is 1.41. The second kappa shape index (κ2) is 14.0. The molecule has 220 valence electrons. The zero-order chi connectivity index (χ0) is 29.5. The smallest absolute Gasteiger partial charge is 0.264 e. The lowest BCUT2D eigenvalue weighted by Gasteiger charge is -2.43. The van der Waals surface area contributed by atoms with Crippen molar-refractivity contribution >= 4 is 23.2 Å². The van der Waals surface area contributed by atoms with E-state index in [1.54, 1.807) is 12.0 Å². The van der Waals surface area contributed by atoms with Gasteiger partial charge in [0.15, 0.2) is 0 Å². The summed E-state index contributed by atoms with van der Waals surface area (Å²) < 4.78 is 5.48. The van der Waals surface area contributed by atoms with Crippen LogP contribution >= 0.6 is 11.3 Å². The molecule has 1 aliphatic carbocycles. The summed E-state index contributed by atoms with van der Waals surface area (Å²) in [6.07, 6.45) is 4.81. The van der Waals surface area contributed by atoms with Crippen molar-refractivity contribution in [3.05, 3.63) is 87.6 Å². The van der Waals surface area contributed by atoms with Gasteiger partial charge < -0.3 is 20.7 Å². The number of amides is 2. The van der Waals surface area contributed by atoms with E-state index in [-0.39, 0.29) is 29.9 Å². The van der Waals surface area contributed by atoms with Crippen LogP contribution in [0.25, 0.3) is 0 Å². The number of carbonyl (C=O) groups is 2. The molecule has 2 aliphatic rings. The maximum Gasteiger partial charge on any atom is 0.264 e. The monoisotopic (exact) mass is 585 g/mol. The minimum absolute atomic E-state index is 0.0646. The summed E-state index contributed by atoms with van der Waals surface area (Å²) in [6.45, 7) is 1.81. The second-order valence-electron chi connectivity index (χ2n) is 11.4. The van der Waals surface area contributed by atoms with E-state index in [0.29, 0.717) is 36.5 Å². The molecule has 0 radical (unpaired) electrons. The molecule has 2 atom stereocenters. The van der Waals surface area contributed by atoms with E-state index in [9.17, 15) is 14.9 Å². The summed E-state index contributed by atoms with van der Waals surface area (Å²) in [7, 11) is 1.66. The van der Waals surface area contributed by atoms with Gasteiger partial charge in [0, 0.05) is 37.8 Å². The number of likely N-dealkylation sites (tertiary alicyclic amines) is 1. The number of nitrogens with one attached hydrogen (secondary N) is 1. The first-order chi connectivity index (χ1) is 20.4. The zero-order valence-electron chi connectivity index (χ0n) is 24.1. The van der Waals surface area contributed by atoms with Gasteiger partial charge in [0.25, 0.3) is 5.91 Å². The molecule has 0 bridgehead atoms. The predicted octanol–water partition coefficient (Wildman–Crippen LogP) is 4.69. The van der Waals surface area contributed by atoms with Gasteiger partial charge >= 0.3 is 0 Å². The van der Waals surface area contributed by atoms with Crippen molar-refractivity contribution in [1.82, 2.24) is 15.1 Å². The lowest BCUT2D eigenvalue weighted by Crippen LogP contribution is -2.58. The molecule has 9 heteroatoms. The van der Waals surface area contributed by atoms with Gasteiger partial charge in [0.2, 0.25) is 5.91 Å². The number of rotatable bonds is 9. The van der Waals surface area contributed by atoms with Crippen molar-refractivity contribution in [1.29, 1.82) is 5.26 Å². The Morgan fingerprint density at radius 1 is 1.05 bits per heavy atom. The van der Waals surface area contributed by atoms with Crippen molar-refractivity contribution in [2.75, 3.05) is 13.7 Å². The fourth-order valence-corrected chi connectivity index (χ4v) is 6.79. The van der Waals surface area contributed by atoms with Crippen LogP contribution in [-0.2, 0) is 17.9 Å². The van der Waals surface area contributed by atoms with Gasteiger partial charge in [-0.05, 0) is 85.4 Å². The molecule has 3 N–H and O–H groups in total. The van der Waals surface area contributed by atoms with Crippen LogP contribution in [0.2, 0.25) is 0 Å². The summed E-state index contributed by atoms with van der Waals surface area (Å²) in [4.78, 5) is 32.3. The predicted molar refractivity (Wildman–Crippen MR) is 164 cm³/mol. The Labute approximate surface area is 252 Å². The van der Waals surface area contributed by atoms with Crippen LogP contribution in [0.4, 0.5) is 0 Å². The summed E-state index contributed by atoms with van der Waals surface area (Å²) in [5.74, 6) is 0.636. The van der Waals surface area contributed by atoms with E-state index in [1.807, 2.05) is 60.0 Å². The molecule has 3 aromatic rings. The third-order valence-electron chi connectivity index (χ3n) is 8.49. The van der Waals surface area contributed by atoms with Gasteiger partial charge in [0.1, 0.15) is 11.8 Å². The molecule has 8 nitrogen and oxygen atoms in total. The van der Waals surface area contributed by atoms with Crippen molar-refractivity contribution < 1.29 is 14.3 Å². The average molecular weight is 586 g/mol. The molecule has 2 aromatic carbocycles. The largest absolute Gasteiger partial charge is 0.497 e. The van der Waals surface area contributed by atoms with E-state index >= 15 is 0 Å². The van der Waals surface area contributed by atoms with Gasteiger partial charge in [0.05, 0.1) is 23.6 Å². The molecule has 2 fully saturated rings. The number of ether oxygens (including phenoxy) is 1. The van der Waals surface area contributed by atoms with E-state index in [4.69, 9.17) is 10.5 Å². The van der Waals surface area contributed by atoms with Crippen LogP contribution in [0.1, 0.15) is 64.9 Å². The third kappa shape index (κ3) is 7.37. The highest BCUT2D eigenvalue weighted by molar-refractivity contribution is 7.12. The lowest BCUT2D eigenvalue weighted by molar-refractivity contribution is -0.128. The zero-order valence-corrected chi connectivity index (χ0v) is 24.9. The molecule has 0 spiro atoms. The molecule has 1 saturated carbocycles. The molecule has 5 rings (SSSR count). The highest BCUT2D eigenvalue weighted by atomic mass is 32.1. The molecule has 1 aromatic heterocycles. The highest BCUT2D eigenvalue weighted by Crippen LogP contribution is 2.29. The number of nitrogens with two attached hydrogens (primary N) is 1. The number of nitrogens with zero attached hydrogens (tertiary/aromatic N) is 3. The first kappa shape index (κ1) is 29.8. The fourth-order valence-electron chi connectivity index (χ4n) is 6.11. The highest BCUT2D eigenvalue weighted by Gasteiger charge is 2.39. The molecular weight excluding hydrogens is 546 g/mol. The van der Waals surface area contributed by atoms with Gasteiger partial charge in [-0.3, -0.25) is 14.5 Å². The van der Waals surface area contributed by atoms with Gasteiger partial charge in [-0.25, -0.2) is 0 Å².